The SMILES string of the molecule is COc1ccc(Oc2cccc(C3C4=C(CC(C)(C)CC4=O)NC4=C3C(=O)CC(C)(C)C4)c2)cc1. The maximum atomic E-state index is 13.5. The number of methoxy groups -OCH3 is 1. The van der Waals surface area contributed by atoms with Gasteiger partial charge in [0.05, 0.1) is 7.11 Å². The van der Waals surface area contributed by atoms with E-state index in [9.17, 15) is 9.59 Å². The fraction of sp³-hybridized carbons (Fsp3) is 0.400. The standard InChI is InChI=1S/C30H33NO4/c1-29(2)14-22-27(24(32)16-29)26(28-23(31-22)15-30(3,4)17-25(28)33)18-7-6-8-21(13-18)35-20-11-9-19(34-5)10-12-20/h6-13,26,31H,14-17H2,1-5H3. The second-order valence-electron chi connectivity index (χ2n) is 11.6. The molecule has 0 bridgehead atoms. The lowest BCUT2D eigenvalue weighted by Gasteiger charge is -2.44. The average molecular weight is 472 g/mol. The number of carbonyl (C=O) groups excluding carboxylic acids is 2. The van der Waals surface area contributed by atoms with Gasteiger partial charge in [0, 0.05) is 41.3 Å². The smallest absolute Gasteiger partial charge is 0.162 e. The molecular weight excluding hydrogens is 438 g/mol. The molecule has 0 saturated heterocycles. The van der Waals surface area contributed by atoms with Gasteiger partial charge in [0.15, 0.2) is 11.6 Å². The van der Waals surface area contributed by atoms with E-state index in [0.29, 0.717) is 24.3 Å². The van der Waals surface area contributed by atoms with Gasteiger partial charge >= 0.3 is 0 Å². The first-order valence-corrected chi connectivity index (χ1v) is 12.3. The van der Waals surface area contributed by atoms with Gasteiger partial charge < -0.3 is 14.8 Å². The van der Waals surface area contributed by atoms with Crippen LogP contribution in [0.1, 0.15) is 64.9 Å². The first-order chi connectivity index (χ1) is 16.5. The van der Waals surface area contributed by atoms with Gasteiger partial charge in [-0.1, -0.05) is 39.8 Å². The molecule has 0 unspecified atom stereocenters. The fourth-order valence-electron chi connectivity index (χ4n) is 5.76. The van der Waals surface area contributed by atoms with E-state index >= 15 is 0 Å². The molecule has 0 atom stereocenters. The Morgan fingerprint density at radius 1 is 0.743 bits per heavy atom. The number of ether oxygens (including phenoxy) is 2. The first-order valence-electron chi connectivity index (χ1n) is 12.3. The third-order valence-corrected chi connectivity index (χ3v) is 7.21. The van der Waals surface area contributed by atoms with Crippen LogP contribution in [-0.4, -0.2) is 18.7 Å². The van der Waals surface area contributed by atoms with Crippen molar-refractivity contribution in [3.8, 4) is 17.2 Å². The van der Waals surface area contributed by atoms with Crippen molar-refractivity contribution in [3.05, 3.63) is 76.6 Å². The number of hydrogen-bond acceptors (Lipinski definition) is 5. The molecule has 0 fully saturated rings. The third kappa shape index (κ3) is 4.52. The second-order valence-corrected chi connectivity index (χ2v) is 11.6. The minimum absolute atomic E-state index is 0.112. The van der Waals surface area contributed by atoms with Gasteiger partial charge in [-0.05, 0) is 65.6 Å². The Kier molecular flexibility index (Phi) is 5.62. The van der Waals surface area contributed by atoms with Gasteiger partial charge in [-0.25, -0.2) is 0 Å². The monoisotopic (exact) mass is 471 g/mol. The van der Waals surface area contributed by atoms with E-state index in [1.165, 1.54) is 0 Å². The molecule has 2 aliphatic carbocycles. The van der Waals surface area contributed by atoms with Crippen molar-refractivity contribution < 1.29 is 19.1 Å². The first kappa shape index (κ1) is 23.4. The molecule has 5 rings (SSSR count). The number of Topliss-reactive ketones (excluding diaryl/α,β-unsaturated/α-hetero) is 2. The molecule has 182 valence electrons. The number of dihydropyridines is 1. The van der Waals surface area contributed by atoms with Crippen LogP contribution in [0.15, 0.2) is 71.1 Å². The van der Waals surface area contributed by atoms with Gasteiger partial charge in [-0.3, -0.25) is 9.59 Å². The molecule has 3 aliphatic rings. The van der Waals surface area contributed by atoms with E-state index in [0.717, 1.165) is 46.7 Å². The second kappa shape index (κ2) is 8.40. The van der Waals surface area contributed by atoms with E-state index in [2.05, 4.69) is 33.0 Å². The highest BCUT2D eigenvalue weighted by molar-refractivity contribution is 6.06. The highest BCUT2D eigenvalue weighted by Crippen LogP contribution is 2.51. The summed E-state index contributed by atoms with van der Waals surface area (Å²) in [4.78, 5) is 27.0. The molecule has 35 heavy (non-hydrogen) atoms. The number of allylic oxidation sites excluding steroid dienone is 4. The molecule has 5 nitrogen and oxygen atoms in total. The molecule has 0 radical (unpaired) electrons. The summed E-state index contributed by atoms with van der Waals surface area (Å²) in [5.74, 6) is 2.01. The predicted octanol–water partition coefficient (Wildman–Crippen LogP) is 6.46. The summed E-state index contributed by atoms with van der Waals surface area (Å²) in [7, 11) is 1.63. The number of benzene rings is 2. The maximum Gasteiger partial charge on any atom is 0.162 e. The van der Waals surface area contributed by atoms with Crippen LogP contribution in [0.5, 0.6) is 17.2 Å². The van der Waals surface area contributed by atoms with Crippen molar-refractivity contribution in [1.29, 1.82) is 0 Å². The number of ketones is 2. The van der Waals surface area contributed by atoms with Crippen molar-refractivity contribution in [1.82, 2.24) is 5.32 Å². The van der Waals surface area contributed by atoms with Crippen molar-refractivity contribution >= 4 is 11.6 Å². The number of rotatable bonds is 4. The van der Waals surface area contributed by atoms with Gasteiger partial charge in [0.1, 0.15) is 17.2 Å². The number of nitrogens with one attached hydrogen (secondary N) is 1. The molecule has 5 heteroatoms. The highest BCUT2D eigenvalue weighted by atomic mass is 16.5. The third-order valence-electron chi connectivity index (χ3n) is 7.21. The van der Waals surface area contributed by atoms with E-state index in [1.54, 1.807) is 7.11 Å². The van der Waals surface area contributed by atoms with E-state index in [1.807, 2.05) is 48.5 Å². The van der Waals surface area contributed by atoms with Gasteiger partial charge in [-0.15, -0.1) is 0 Å². The summed E-state index contributed by atoms with van der Waals surface area (Å²) in [6.07, 6.45) is 2.54. The van der Waals surface area contributed by atoms with Crippen LogP contribution in [-0.2, 0) is 9.59 Å². The summed E-state index contributed by atoms with van der Waals surface area (Å²) in [6, 6.07) is 15.2. The van der Waals surface area contributed by atoms with Crippen molar-refractivity contribution in [2.24, 2.45) is 10.8 Å². The molecule has 1 heterocycles. The molecule has 0 amide bonds. The summed E-state index contributed by atoms with van der Waals surface area (Å²) in [5.41, 5.74) is 4.14. The molecule has 2 aromatic rings. The summed E-state index contributed by atoms with van der Waals surface area (Å²) < 4.78 is 11.4. The molecule has 0 spiro atoms. The minimum Gasteiger partial charge on any atom is -0.497 e. The quantitative estimate of drug-likeness (QED) is 0.554. The number of carbonyl (C=O) groups is 2. The topological polar surface area (TPSA) is 64.6 Å². The fourth-order valence-corrected chi connectivity index (χ4v) is 5.76. The van der Waals surface area contributed by atoms with Crippen LogP contribution >= 0.6 is 0 Å². The zero-order chi connectivity index (χ0) is 25.0. The zero-order valence-corrected chi connectivity index (χ0v) is 21.2. The zero-order valence-electron chi connectivity index (χ0n) is 21.2. The molecule has 0 saturated carbocycles. The lowest BCUT2D eigenvalue weighted by Crippen LogP contribution is -2.42. The van der Waals surface area contributed by atoms with Crippen LogP contribution in [0.25, 0.3) is 0 Å². The lowest BCUT2D eigenvalue weighted by molar-refractivity contribution is -0.119. The Labute approximate surface area is 207 Å². The molecule has 2 aromatic carbocycles. The van der Waals surface area contributed by atoms with Gasteiger partial charge in [0.25, 0.3) is 0 Å². The highest BCUT2D eigenvalue weighted by Gasteiger charge is 2.46. The van der Waals surface area contributed by atoms with Crippen LogP contribution in [0.3, 0.4) is 0 Å². The van der Waals surface area contributed by atoms with Crippen molar-refractivity contribution in [2.75, 3.05) is 7.11 Å². The van der Waals surface area contributed by atoms with Crippen LogP contribution in [0, 0.1) is 10.8 Å². The Bertz CT molecular complexity index is 1210. The van der Waals surface area contributed by atoms with Crippen molar-refractivity contribution in [2.45, 2.75) is 59.3 Å². The van der Waals surface area contributed by atoms with E-state index in [-0.39, 0.29) is 28.3 Å². The lowest BCUT2D eigenvalue weighted by atomic mass is 9.64. The molecule has 0 aromatic heterocycles. The predicted molar refractivity (Wildman–Crippen MR) is 135 cm³/mol. The van der Waals surface area contributed by atoms with Crippen LogP contribution in [0.2, 0.25) is 0 Å². The normalized spacial score (nSPS) is 21.3. The molecular formula is C30H33NO4. The van der Waals surface area contributed by atoms with Gasteiger partial charge in [-0.2, -0.15) is 0 Å². The molecule has 1 N–H and O–H groups in total. The van der Waals surface area contributed by atoms with Crippen LogP contribution in [0.4, 0.5) is 0 Å². The maximum absolute atomic E-state index is 13.5. The minimum atomic E-state index is -0.368. The Morgan fingerprint density at radius 3 is 1.83 bits per heavy atom. The van der Waals surface area contributed by atoms with Crippen LogP contribution < -0.4 is 14.8 Å². The van der Waals surface area contributed by atoms with E-state index in [4.69, 9.17) is 9.47 Å². The van der Waals surface area contributed by atoms with Gasteiger partial charge in [0.2, 0.25) is 0 Å². The largest absolute Gasteiger partial charge is 0.497 e. The summed E-state index contributed by atoms with van der Waals surface area (Å²) in [5, 5.41) is 3.57. The Balaban J connectivity index is 1.58. The van der Waals surface area contributed by atoms with Crippen molar-refractivity contribution in [3.63, 3.8) is 0 Å². The Morgan fingerprint density at radius 2 is 1.29 bits per heavy atom. The van der Waals surface area contributed by atoms with E-state index < -0.39 is 0 Å². The molecule has 1 aliphatic heterocycles. The summed E-state index contributed by atoms with van der Waals surface area (Å²) >= 11 is 0. The summed E-state index contributed by atoms with van der Waals surface area (Å²) in [6.45, 7) is 8.53. The average Bonchev–Trinajstić information content (AvgIpc) is 2.76. The number of hydrogen-bond donors (Lipinski definition) is 1. The Hall–Kier alpha value is -3.34.